The van der Waals surface area contributed by atoms with Crippen LogP contribution >= 0.6 is 0 Å². The number of rotatable bonds is 3. The van der Waals surface area contributed by atoms with E-state index in [0.717, 1.165) is 18.4 Å². The quantitative estimate of drug-likeness (QED) is 0.730. The van der Waals surface area contributed by atoms with Crippen molar-refractivity contribution in [3.8, 4) is 0 Å². The van der Waals surface area contributed by atoms with Crippen molar-refractivity contribution < 1.29 is 4.74 Å². The zero-order valence-electron chi connectivity index (χ0n) is 9.28. The summed E-state index contributed by atoms with van der Waals surface area (Å²) in [4.78, 5) is 0. The Hall–Kier alpha value is -0.820. The zero-order chi connectivity index (χ0) is 10.3. The highest BCUT2D eigenvalue weighted by Crippen LogP contribution is 2.61. The molecule has 2 bridgehead atoms. The smallest absolute Gasteiger partial charge is 0.0961 e. The molecular weight excluding hydrogens is 184 g/mol. The molecule has 1 unspecified atom stereocenters. The van der Waals surface area contributed by atoms with Crippen molar-refractivity contribution >= 4 is 0 Å². The number of ether oxygens (including phenoxy) is 1. The summed E-state index contributed by atoms with van der Waals surface area (Å²) in [5.41, 5.74) is 1.47. The predicted octanol–water partition coefficient (Wildman–Crippen LogP) is 3.35. The standard InChI is InChI=1S/C14H18O/c1-2-15-14(10-11-8-13(14)9-11)12-6-4-3-5-7-12/h3-7,11,13H,2,8-10H2,1H3. The molecule has 3 aliphatic rings. The van der Waals surface area contributed by atoms with Crippen LogP contribution in [0.15, 0.2) is 30.3 Å². The van der Waals surface area contributed by atoms with Crippen molar-refractivity contribution in [3.63, 3.8) is 0 Å². The molecule has 3 saturated carbocycles. The Kier molecular flexibility index (Phi) is 2.10. The van der Waals surface area contributed by atoms with Crippen LogP contribution in [0.5, 0.6) is 0 Å². The van der Waals surface area contributed by atoms with Crippen molar-refractivity contribution in [2.45, 2.75) is 31.8 Å². The molecule has 3 aliphatic carbocycles. The van der Waals surface area contributed by atoms with E-state index < -0.39 is 0 Å². The van der Waals surface area contributed by atoms with Crippen molar-refractivity contribution in [2.75, 3.05) is 6.61 Å². The van der Waals surface area contributed by atoms with Gasteiger partial charge < -0.3 is 4.74 Å². The second-order valence-electron chi connectivity index (χ2n) is 4.93. The SMILES string of the molecule is CCOC1(c2ccccc2)CC2CC1C2. The van der Waals surface area contributed by atoms with Crippen molar-refractivity contribution in [2.24, 2.45) is 11.8 Å². The summed E-state index contributed by atoms with van der Waals surface area (Å²) in [5, 5.41) is 0. The van der Waals surface area contributed by atoms with E-state index in [1.807, 2.05) is 0 Å². The van der Waals surface area contributed by atoms with Crippen LogP contribution in [0.2, 0.25) is 0 Å². The largest absolute Gasteiger partial charge is 0.370 e. The fourth-order valence-electron chi connectivity index (χ4n) is 3.47. The maximum atomic E-state index is 6.13. The molecule has 0 aliphatic heterocycles. The molecular formula is C14H18O. The first-order valence-corrected chi connectivity index (χ1v) is 6.04. The summed E-state index contributed by atoms with van der Waals surface area (Å²) in [6.07, 6.45) is 4.01. The average Bonchev–Trinajstić information content (AvgIpc) is 2.74. The van der Waals surface area contributed by atoms with Gasteiger partial charge in [-0.05, 0) is 43.6 Å². The Morgan fingerprint density at radius 1 is 1.27 bits per heavy atom. The minimum absolute atomic E-state index is 0.0701. The van der Waals surface area contributed by atoms with E-state index >= 15 is 0 Å². The van der Waals surface area contributed by atoms with Crippen molar-refractivity contribution in [3.05, 3.63) is 35.9 Å². The van der Waals surface area contributed by atoms with Gasteiger partial charge >= 0.3 is 0 Å². The molecule has 1 atom stereocenters. The van der Waals surface area contributed by atoms with Gasteiger partial charge in [0, 0.05) is 6.61 Å². The van der Waals surface area contributed by atoms with Crippen LogP contribution in [0, 0.1) is 11.8 Å². The molecule has 1 nitrogen and oxygen atoms in total. The van der Waals surface area contributed by atoms with E-state index in [1.54, 1.807) is 0 Å². The molecule has 15 heavy (non-hydrogen) atoms. The molecule has 1 aromatic carbocycles. The van der Waals surface area contributed by atoms with Crippen molar-refractivity contribution in [1.29, 1.82) is 0 Å². The van der Waals surface area contributed by atoms with Gasteiger partial charge in [0.25, 0.3) is 0 Å². The Balaban J connectivity index is 1.98. The Labute approximate surface area is 91.5 Å². The van der Waals surface area contributed by atoms with E-state index in [0.29, 0.717) is 0 Å². The third-order valence-corrected chi connectivity index (χ3v) is 4.15. The fourth-order valence-corrected chi connectivity index (χ4v) is 3.47. The van der Waals surface area contributed by atoms with Gasteiger partial charge in [-0.1, -0.05) is 30.3 Å². The van der Waals surface area contributed by atoms with Crippen LogP contribution in [0.3, 0.4) is 0 Å². The highest BCUT2D eigenvalue weighted by molar-refractivity contribution is 5.28. The molecule has 0 spiro atoms. The second-order valence-corrected chi connectivity index (χ2v) is 4.93. The lowest BCUT2D eigenvalue weighted by Crippen LogP contribution is -2.32. The average molecular weight is 202 g/mol. The van der Waals surface area contributed by atoms with Gasteiger partial charge in [0.2, 0.25) is 0 Å². The van der Waals surface area contributed by atoms with Gasteiger partial charge in [-0.3, -0.25) is 0 Å². The first kappa shape index (κ1) is 9.41. The third-order valence-electron chi connectivity index (χ3n) is 4.15. The monoisotopic (exact) mass is 202 g/mol. The fraction of sp³-hybridized carbons (Fsp3) is 0.571. The number of fused-ring (bicyclic) bond motifs is 1. The summed E-state index contributed by atoms with van der Waals surface area (Å²) in [6.45, 7) is 2.94. The second kappa shape index (κ2) is 3.34. The van der Waals surface area contributed by atoms with Crippen LogP contribution in [-0.2, 0) is 10.3 Å². The maximum absolute atomic E-state index is 6.13. The topological polar surface area (TPSA) is 9.23 Å². The lowest BCUT2D eigenvalue weighted by Gasteiger charge is -2.35. The summed E-state index contributed by atoms with van der Waals surface area (Å²) in [7, 11) is 0. The molecule has 0 N–H and O–H groups in total. The summed E-state index contributed by atoms with van der Waals surface area (Å²) < 4.78 is 6.13. The molecule has 0 radical (unpaired) electrons. The summed E-state index contributed by atoms with van der Waals surface area (Å²) >= 11 is 0. The van der Waals surface area contributed by atoms with Gasteiger partial charge in [0.15, 0.2) is 0 Å². The zero-order valence-corrected chi connectivity index (χ0v) is 9.28. The van der Waals surface area contributed by atoms with E-state index in [2.05, 4.69) is 37.3 Å². The minimum atomic E-state index is 0.0701. The first-order valence-electron chi connectivity index (χ1n) is 6.04. The highest BCUT2D eigenvalue weighted by Gasteiger charge is 2.56. The Morgan fingerprint density at radius 3 is 2.53 bits per heavy atom. The Morgan fingerprint density at radius 2 is 2.00 bits per heavy atom. The van der Waals surface area contributed by atoms with Crippen LogP contribution in [-0.4, -0.2) is 6.61 Å². The molecule has 1 aromatic rings. The van der Waals surface area contributed by atoms with Crippen LogP contribution < -0.4 is 0 Å². The highest BCUT2D eigenvalue weighted by atomic mass is 16.5. The molecule has 80 valence electrons. The van der Waals surface area contributed by atoms with E-state index in [4.69, 9.17) is 4.74 Å². The van der Waals surface area contributed by atoms with Gasteiger partial charge in [-0.2, -0.15) is 0 Å². The molecule has 0 amide bonds. The summed E-state index contributed by atoms with van der Waals surface area (Å²) in [6, 6.07) is 10.8. The van der Waals surface area contributed by atoms with Gasteiger partial charge in [0.1, 0.15) is 0 Å². The minimum Gasteiger partial charge on any atom is -0.370 e. The van der Waals surface area contributed by atoms with E-state index in [-0.39, 0.29) is 5.60 Å². The van der Waals surface area contributed by atoms with Gasteiger partial charge in [0.05, 0.1) is 5.60 Å². The first-order chi connectivity index (χ1) is 7.35. The Bertz CT molecular complexity index is 340. The number of hydrogen-bond acceptors (Lipinski definition) is 1. The number of hydrogen-bond donors (Lipinski definition) is 0. The van der Waals surface area contributed by atoms with Gasteiger partial charge in [-0.15, -0.1) is 0 Å². The third kappa shape index (κ3) is 1.26. The van der Waals surface area contributed by atoms with Crippen molar-refractivity contribution in [1.82, 2.24) is 0 Å². The van der Waals surface area contributed by atoms with Gasteiger partial charge in [-0.25, -0.2) is 0 Å². The molecule has 1 heteroatoms. The maximum Gasteiger partial charge on any atom is 0.0961 e. The molecule has 3 fully saturated rings. The van der Waals surface area contributed by atoms with Crippen LogP contribution in [0.4, 0.5) is 0 Å². The summed E-state index contributed by atoms with van der Waals surface area (Å²) in [5.74, 6) is 1.71. The van der Waals surface area contributed by atoms with E-state index in [1.165, 1.54) is 24.8 Å². The lowest BCUT2D eigenvalue weighted by atomic mass is 9.78. The normalized spacial score (nSPS) is 37.7. The van der Waals surface area contributed by atoms with Crippen LogP contribution in [0.1, 0.15) is 31.7 Å². The molecule has 0 heterocycles. The van der Waals surface area contributed by atoms with E-state index in [9.17, 15) is 0 Å². The predicted molar refractivity (Wildman–Crippen MR) is 60.6 cm³/mol. The molecule has 0 saturated heterocycles. The number of benzene rings is 1. The van der Waals surface area contributed by atoms with Crippen LogP contribution in [0.25, 0.3) is 0 Å². The lowest BCUT2D eigenvalue weighted by molar-refractivity contribution is -0.0653. The molecule has 4 rings (SSSR count). The molecule has 0 aromatic heterocycles.